The predicted octanol–water partition coefficient (Wildman–Crippen LogP) is 3.52. The number of alkyl halides is 3. The lowest BCUT2D eigenvalue weighted by molar-refractivity contribution is -0.137. The van der Waals surface area contributed by atoms with E-state index in [0.29, 0.717) is 12.1 Å². The van der Waals surface area contributed by atoms with Gasteiger partial charge in [-0.2, -0.15) is 18.3 Å². The minimum Gasteiger partial charge on any atom is -0.299 e. The Balaban J connectivity index is 2.06. The summed E-state index contributed by atoms with van der Waals surface area (Å²) >= 11 is 12.1. The Hall–Kier alpha value is -1.51. The van der Waals surface area contributed by atoms with Crippen LogP contribution in [0.3, 0.4) is 0 Å². The fraction of sp³-hybridized carbons (Fsp3) is 0.429. The van der Waals surface area contributed by atoms with Gasteiger partial charge >= 0.3 is 6.18 Å². The number of hydrogen-bond acceptors (Lipinski definition) is 5. The van der Waals surface area contributed by atoms with Gasteiger partial charge in [0, 0.05) is 13.0 Å². The lowest BCUT2D eigenvalue weighted by Crippen LogP contribution is -2.50. The summed E-state index contributed by atoms with van der Waals surface area (Å²) in [5.41, 5.74) is 1.98. The SMILES string of the molecule is CNN1C(C2CC2)=NN(c2c(Cl)cc(C(F)(F)F)cc2Cl)C1C=O. The van der Waals surface area contributed by atoms with E-state index in [1.165, 1.54) is 5.01 Å². The molecule has 1 aromatic carbocycles. The fourth-order valence-corrected chi connectivity index (χ4v) is 3.24. The smallest absolute Gasteiger partial charge is 0.299 e. The van der Waals surface area contributed by atoms with Gasteiger partial charge < -0.3 is 0 Å². The molecule has 1 saturated carbocycles. The Morgan fingerprint density at radius 2 is 1.88 bits per heavy atom. The number of carbonyl (C=O) groups is 1. The summed E-state index contributed by atoms with van der Waals surface area (Å²) in [5.74, 6) is 0.846. The van der Waals surface area contributed by atoms with Crippen LogP contribution in [0.1, 0.15) is 18.4 Å². The van der Waals surface area contributed by atoms with Crippen LogP contribution in [0.25, 0.3) is 0 Å². The Morgan fingerprint density at radius 1 is 1.29 bits per heavy atom. The zero-order chi connectivity index (χ0) is 17.6. The number of halogens is 5. The van der Waals surface area contributed by atoms with Crippen LogP contribution in [0.5, 0.6) is 0 Å². The molecule has 1 fully saturated rings. The number of benzene rings is 1. The lowest BCUT2D eigenvalue weighted by Gasteiger charge is -2.28. The molecule has 1 aliphatic heterocycles. The van der Waals surface area contributed by atoms with Gasteiger partial charge in [-0.15, -0.1) is 0 Å². The van der Waals surface area contributed by atoms with Crippen molar-refractivity contribution in [3.8, 4) is 0 Å². The summed E-state index contributed by atoms with van der Waals surface area (Å²) in [6.07, 6.45) is -2.95. The van der Waals surface area contributed by atoms with Gasteiger partial charge in [-0.1, -0.05) is 23.2 Å². The lowest BCUT2D eigenvalue weighted by atomic mass is 10.2. The van der Waals surface area contributed by atoms with E-state index >= 15 is 0 Å². The van der Waals surface area contributed by atoms with Crippen LogP contribution >= 0.6 is 23.2 Å². The Bertz CT molecular complexity index is 683. The number of rotatable bonds is 4. The molecule has 0 spiro atoms. The standard InChI is InChI=1S/C14H13Cl2F3N4O/c1-20-23-11(6-24)22(21-13(23)7-2-3-7)12-9(15)4-8(5-10(12)16)14(17,18)19/h4-7,11,20H,2-3H2,1H3. The molecule has 0 aromatic heterocycles. The maximum absolute atomic E-state index is 12.9. The highest BCUT2D eigenvalue weighted by molar-refractivity contribution is 6.39. The topological polar surface area (TPSA) is 47.9 Å². The monoisotopic (exact) mass is 380 g/mol. The second-order valence-electron chi connectivity index (χ2n) is 5.51. The molecule has 0 amide bonds. The summed E-state index contributed by atoms with van der Waals surface area (Å²) in [6.45, 7) is 0. The second kappa shape index (κ2) is 6.09. The first-order valence-corrected chi connectivity index (χ1v) is 7.89. The normalized spacial score (nSPS) is 21.2. The molecule has 0 radical (unpaired) electrons. The molecule has 5 nitrogen and oxygen atoms in total. The molecule has 0 saturated heterocycles. The van der Waals surface area contributed by atoms with Crippen LogP contribution in [-0.4, -0.2) is 30.3 Å². The van der Waals surface area contributed by atoms with Crippen LogP contribution in [0, 0.1) is 5.92 Å². The molecule has 2 aliphatic rings. The molecule has 1 N–H and O–H groups in total. The third-order valence-electron chi connectivity index (χ3n) is 3.85. The molecule has 1 atom stereocenters. The minimum absolute atomic E-state index is 0.0688. The molecular weight excluding hydrogens is 368 g/mol. The quantitative estimate of drug-likeness (QED) is 0.811. The van der Waals surface area contributed by atoms with Crippen LogP contribution < -0.4 is 10.4 Å². The van der Waals surface area contributed by atoms with E-state index in [1.807, 2.05) is 0 Å². The molecule has 1 aliphatic carbocycles. The molecule has 24 heavy (non-hydrogen) atoms. The number of hydrogen-bond donors (Lipinski definition) is 1. The van der Waals surface area contributed by atoms with E-state index in [1.54, 1.807) is 12.1 Å². The summed E-state index contributed by atoms with van der Waals surface area (Å²) < 4.78 is 38.6. The van der Waals surface area contributed by atoms with Crippen molar-refractivity contribution in [2.75, 3.05) is 12.1 Å². The number of amidine groups is 1. The number of hydrazone groups is 1. The molecule has 1 unspecified atom stereocenters. The van der Waals surface area contributed by atoms with E-state index in [4.69, 9.17) is 23.2 Å². The van der Waals surface area contributed by atoms with Gasteiger partial charge in [0.15, 0.2) is 12.5 Å². The molecular formula is C14H13Cl2F3N4O. The second-order valence-corrected chi connectivity index (χ2v) is 6.32. The summed E-state index contributed by atoms with van der Waals surface area (Å²) in [5, 5.41) is 6.74. The average Bonchev–Trinajstić information content (AvgIpc) is 3.27. The van der Waals surface area contributed by atoms with Gasteiger partial charge in [0.1, 0.15) is 5.84 Å². The molecule has 10 heteroatoms. The van der Waals surface area contributed by atoms with E-state index < -0.39 is 17.9 Å². The summed E-state index contributed by atoms with van der Waals surface area (Å²) in [4.78, 5) is 11.5. The van der Waals surface area contributed by atoms with Crippen molar-refractivity contribution in [2.24, 2.45) is 11.0 Å². The third kappa shape index (κ3) is 2.94. The van der Waals surface area contributed by atoms with Crippen molar-refractivity contribution < 1.29 is 18.0 Å². The van der Waals surface area contributed by atoms with Crippen molar-refractivity contribution in [3.63, 3.8) is 0 Å². The van der Waals surface area contributed by atoms with Crippen LogP contribution in [0.15, 0.2) is 17.2 Å². The highest BCUT2D eigenvalue weighted by Gasteiger charge is 2.43. The summed E-state index contributed by atoms with van der Waals surface area (Å²) in [7, 11) is 1.63. The number of nitrogens with one attached hydrogen (secondary N) is 1. The minimum atomic E-state index is -4.57. The summed E-state index contributed by atoms with van der Waals surface area (Å²) in [6, 6.07) is 1.55. The number of carbonyl (C=O) groups excluding carboxylic acids is 1. The first-order chi connectivity index (χ1) is 11.3. The van der Waals surface area contributed by atoms with Gasteiger partial charge in [0.2, 0.25) is 0 Å². The Labute approximate surface area is 146 Å². The van der Waals surface area contributed by atoms with Gasteiger partial charge in [-0.05, 0) is 25.0 Å². The number of nitrogens with zero attached hydrogens (tertiary/aromatic N) is 3. The van der Waals surface area contributed by atoms with Crippen molar-refractivity contribution in [1.82, 2.24) is 10.4 Å². The Morgan fingerprint density at radius 3 is 2.29 bits per heavy atom. The van der Waals surface area contributed by atoms with E-state index in [-0.39, 0.29) is 21.7 Å². The number of aldehydes is 1. The van der Waals surface area contributed by atoms with Crippen molar-refractivity contribution in [2.45, 2.75) is 25.2 Å². The van der Waals surface area contributed by atoms with E-state index in [0.717, 1.165) is 25.0 Å². The van der Waals surface area contributed by atoms with Gasteiger partial charge in [-0.3, -0.25) is 9.80 Å². The van der Waals surface area contributed by atoms with Gasteiger partial charge in [-0.25, -0.2) is 10.4 Å². The molecule has 130 valence electrons. The first kappa shape index (κ1) is 17.3. The largest absolute Gasteiger partial charge is 0.416 e. The maximum Gasteiger partial charge on any atom is 0.416 e. The van der Waals surface area contributed by atoms with Gasteiger partial charge in [0.25, 0.3) is 0 Å². The van der Waals surface area contributed by atoms with E-state index in [9.17, 15) is 18.0 Å². The van der Waals surface area contributed by atoms with Crippen molar-refractivity contribution >= 4 is 41.0 Å². The van der Waals surface area contributed by atoms with Crippen molar-refractivity contribution in [3.05, 3.63) is 27.7 Å². The first-order valence-electron chi connectivity index (χ1n) is 7.13. The zero-order valence-electron chi connectivity index (χ0n) is 12.4. The van der Waals surface area contributed by atoms with E-state index in [2.05, 4.69) is 10.5 Å². The van der Waals surface area contributed by atoms with Crippen LogP contribution in [-0.2, 0) is 11.0 Å². The predicted molar refractivity (Wildman–Crippen MR) is 84.9 cm³/mol. The average molecular weight is 381 g/mol. The molecule has 0 bridgehead atoms. The van der Waals surface area contributed by atoms with Gasteiger partial charge in [0.05, 0.1) is 21.3 Å². The highest BCUT2D eigenvalue weighted by Crippen LogP contribution is 2.43. The number of anilines is 1. The van der Waals surface area contributed by atoms with Crippen LogP contribution in [0.2, 0.25) is 10.0 Å². The number of hydrazine groups is 1. The molecule has 1 heterocycles. The molecule has 1 aromatic rings. The maximum atomic E-state index is 12.9. The zero-order valence-corrected chi connectivity index (χ0v) is 14.0. The Kier molecular flexibility index (Phi) is 4.39. The van der Waals surface area contributed by atoms with Crippen molar-refractivity contribution in [1.29, 1.82) is 0 Å². The highest BCUT2D eigenvalue weighted by atomic mass is 35.5. The third-order valence-corrected chi connectivity index (χ3v) is 4.43. The molecule has 3 rings (SSSR count). The van der Waals surface area contributed by atoms with Crippen LogP contribution in [0.4, 0.5) is 18.9 Å². The fourth-order valence-electron chi connectivity index (χ4n) is 2.58.